The van der Waals surface area contributed by atoms with Crippen molar-refractivity contribution in [3.63, 3.8) is 0 Å². The van der Waals surface area contributed by atoms with Gasteiger partial charge in [-0.15, -0.1) is 0 Å². The molecule has 1 saturated heterocycles. The third-order valence-electron chi connectivity index (χ3n) is 4.69. The second-order valence-corrected chi connectivity index (χ2v) is 7.91. The van der Waals surface area contributed by atoms with Crippen molar-refractivity contribution in [1.82, 2.24) is 13.9 Å². The maximum Gasteiger partial charge on any atom is 0.279 e. The summed E-state index contributed by atoms with van der Waals surface area (Å²) in [7, 11) is -1.66. The van der Waals surface area contributed by atoms with E-state index in [9.17, 15) is 8.42 Å². The van der Waals surface area contributed by atoms with Crippen LogP contribution in [0.25, 0.3) is 0 Å². The number of hydrogen-bond acceptors (Lipinski definition) is 3. The third-order valence-corrected chi connectivity index (χ3v) is 6.38. The molecule has 1 heterocycles. The molecule has 1 aliphatic carbocycles. The maximum absolute atomic E-state index is 12.4. The van der Waals surface area contributed by atoms with Gasteiger partial charge in [0.1, 0.15) is 0 Å². The van der Waals surface area contributed by atoms with Crippen molar-refractivity contribution >= 4 is 10.2 Å². The largest absolute Gasteiger partial charge is 0.302 e. The molecule has 1 aliphatic heterocycles. The summed E-state index contributed by atoms with van der Waals surface area (Å²) < 4.78 is 29.2. The molecular weight excluding hydrogens is 262 g/mol. The molecule has 2 rings (SSSR count). The second kappa shape index (κ2) is 5.68. The summed E-state index contributed by atoms with van der Waals surface area (Å²) in [4.78, 5) is 2.29. The molecule has 0 spiro atoms. The van der Waals surface area contributed by atoms with Crippen LogP contribution in [0.5, 0.6) is 0 Å². The number of likely N-dealkylation sites (N-methyl/N-ethyl adjacent to an activating group) is 1. The van der Waals surface area contributed by atoms with Gasteiger partial charge in [0.15, 0.2) is 0 Å². The minimum absolute atomic E-state index is 0.0406. The monoisotopic (exact) mass is 289 g/mol. The van der Waals surface area contributed by atoms with Gasteiger partial charge in [0.2, 0.25) is 0 Å². The number of rotatable bonds is 6. The molecular formula is C13H27N3O2S. The first kappa shape index (κ1) is 15.2. The average Bonchev–Trinajstić information content (AvgIpc) is 3.14. The lowest BCUT2D eigenvalue weighted by atomic mass is 10.1. The SMILES string of the molecule is CCN1C[C@H](NS(=O)(=O)N(C)[C@H](C)C2CC2)[C@@H](C)C1. The van der Waals surface area contributed by atoms with E-state index in [1.54, 1.807) is 7.05 Å². The van der Waals surface area contributed by atoms with Crippen LogP contribution in [0.3, 0.4) is 0 Å². The van der Waals surface area contributed by atoms with E-state index in [1.807, 2.05) is 6.92 Å². The van der Waals surface area contributed by atoms with Crippen LogP contribution in [0.1, 0.15) is 33.6 Å². The lowest BCUT2D eigenvalue weighted by Crippen LogP contribution is -2.49. The molecule has 19 heavy (non-hydrogen) atoms. The van der Waals surface area contributed by atoms with Crippen LogP contribution in [0.15, 0.2) is 0 Å². The highest BCUT2D eigenvalue weighted by Crippen LogP contribution is 2.35. The van der Waals surface area contributed by atoms with Gasteiger partial charge in [0, 0.05) is 32.2 Å². The Bertz CT molecular complexity index is 408. The van der Waals surface area contributed by atoms with Gasteiger partial charge in [-0.25, -0.2) is 0 Å². The van der Waals surface area contributed by atoms with E-state index in [0.717, 1.165) is 32.5 Å². The topological polar surface area (TPSA) is 52.7 Å². The number of hydrogen-bond donors (Lipinski definition) is 1. The Balaban J connectivity index is 1.96. The van der Waals surface area contributed by atoms with E-state index in [2.05, 4.69) is 23.5 Å². The van der Waals surface area contributed by atoms with Crippen molar-refractivity contribution in [3.05, 3.63) is 0 Å². The van der Waals surface area contributed by atoms with Crippen LogP contribution in [-0.4, -0.2) is 56.4 Å². The zero-order chi connectivity index (χ0) is 14.2. The Morgan fingerprint density at radius 1 is 1.37 bits per heavy atom. The smallest absolute Gasteiger partial charge is 0.279 e. The van der Waals surface area contributed by atoms with Crippen LogP contribution in [-0.2, 0) is 10.2 Å². The molecule has 112 valence electrons. The number of likely N-dealkylation sites (tertiary alicyclic amines) is 1. The zero-order valence-corrected chi connectivity index (χ0v) is 13.3. The Kier molecular flexibility index (Phi) is 4.55. The fraction of sp³-hybridized carbons (Fsp3) is 1.00. The van der Waals surface area contributed by atoms with Gasteiger partial charge < -0.3 is 4.90 Å². The molecule has 0 aromatic carbocycles. The van der Waals surface area contributed by atoms with Crippen molar-refractivity contribution in [2.75, 3.05) is 26.7 Å². The van der Waals surface area contributed by atoms with E-state index in [4.69, 9.17) is 0 Å². The minimum Gasteiger partial charge on any atom is -0.302 e. The fourth-order valence-corrected chi connectivity index (χ4v) is 4.31. The lowest BCUT2D eigenvalue weighted by molar-refractivity contribution is 0.337. The highest BCUT2D eigenvalue weighted by atomic mass is 32.2. The molecule has 3 atom stereocenters. The predicted molar refractivity (Wildman–Crippen MR) is 77.1 cm³/mol. The molecule has 2 fully saturated rings. The summed E-state index contributed by atoms with van der Waals surface area (Å²) in [5, 5.41) is 0. The fourth-order valence-electron chi connectivity index (χ4n) is 2.85. The van der Waals surface area contributed by atoms with Gasteiger partial charge in [-0.1, -0.05) is 13.8 Å². The third kappa shape index (κ3) is 3.48. The van der Waals surface area contributed by atoms with E-state index >= 15 is 0 Å². The summed E-state index contributed by atoms with van der Waals surface area (Å²) >= 11 is 0. The quantitative estimate of drug-likeness (QED) is 0.790. The highest BCUT2D eigenvalue weighted by Gasteiger charge is 2.38. The Morgan fingerprint density at radius 3 is 2.47 bits per heavy atom. The van der Waals surface area contributed by atoms with Crippen LogP contribution < -0.4 is 4.72 Å². The Hall–Kier alpha value is -0.170. The molecule has 1 N–H and O–H groups in total. The highest BCUT2D eigenvalue weighted by molar-refractivity contribution is 7.87. The van der Waals surface area contributed by atoms with Crippen molar-refractivity contribution in [3.8, 4) is 0 Å². The van der Waals surface area contributed by atoms with E-state index < -0.39 is 10.2 Å². The summed E-state index contributed by atoms with van der Waals surface area (Å²) in [6.45, 7) is 9.02. The standard InChI is InChI=1S/C13H27N3O2S/c1-5-16-8-10(2)13(9-16)14-19(17,18)15(4)11(3)12-6-7-12/h10-14H,5-9H2,1-4H3/t10-,11+,13-/m0/s1. The molecule has 0 aromatic rings. The molecule has 1 saturated carbocycles. The van der Waals surface area contributed by atoms with Crippen LogP contribution in [0, 0.1) is 11.8 Å². The van der Waals surface area contributed by atoms with Crippen LogP contribution >= 0.6 is 0 Å². The van der Waals surface area contributed by atoms with E-state index in [1.165, 1.54) is 4.31 Å². The van der Waals surface area contributed by atoms with E-state index in [0.29, 0.717) is 11.8 Å². The van der Waals surface area contributed by atoms with Gasteiger partial charge in [-0.2, -0.15) is 17.4 Å². The molecule has 6 heteroatoms. The van der Waals surface area contributed by atoms with E-state index in [-0.39, 0.29) is 12.1 Å². The normalized spacial score (nSPS) is 31.0. The Labute approximate surface area is 117 Å². The average molecular weight is 289 g/mol. The lowest BCUT2D eigenvalue weighted by Gasteiger charge is -2.27. The van der Waals surface area contributed by atoms with Crippen molar-refractivity contribution in [2.24, 2.45) is 11.8 Å². The molecule has 2 aliphatic rings. The zero-order valence-electron chi connectivity index (χ0n) is 12.5. The van der Waals surface area contributed by atoms with Gasteiger partial charge in [0.05, 0.1) is 0 Å². The van der Waals surface area contributed by atoms with Crippen molar-refractivity contribution in [1.29, 1.82) is 0 Å². The number of nitrogens with one attached hydrogen (secondary N) is 1. The number of nitrogens with zero attached hydrogens (tertiary/aromatic N) is 2. The molecule has 0 radical (unpaired) electrons. The summed E-state index contributed by atoms with van der Waals surface area (Å²) in [5.41, 5.74) is 0. The van der Waals surface area contributed by atoms with Gasteiger partial charge >= 0.3 is 0 Å². The van der Waals surface area contributed by atoms with Crippen molar-refractivity contribution in [2.45, 2.75) is 45.7 Å². The molecule has 5 nitrogen and oxygen atoms in total. The van der Waals surface area contributed by atoms with Gasteiger partial charge in [0.25, 0.3) is 10.2 Å². The summed E-state index contributed by atoms with van der Waals surface area (Å²) in [6, 6.07) is 0.148. The Morgan fingerprint density at radius 2 is 2.00 bits per heavy atom. The van der Waals surface area contributed by atoms with Crippen molar-refractivity contribution < 1.29 is 8.42 Å². The maximum atomic E-state index is 12.4. The predicted octanol–water partition coefficient (Wildman–Crippen LogP) is 0.891. The first-order valence-corrected chi connectivity index (χ1v) is 8.76. The first-order chi connectivity index (χ1) is 8.85. The van der Waals surface area contributed by atoms with Gasteiger partial charge in [-0.05, 0) is 38.1 Å². The summed E-state index contributed by atoms with van der Waals surface area (Å²) in [5.74, 6) is 0.925. The molecule has 0 aromatic heterocycles. The van der Waals surface area contributed by atoms with Crippen LogP contribution in [0.4, 0.5) is 0 Å². The van der Waals surface area contributed by atoms with Gasteiger partial charge in [-0.3, -0.25) is 0 Å². The first-order valence-electron chi connectivity index (χ1n) is 7.32. The molecule has 0 bridgehead atoms. The second-order valence-electron chi connectivity index (χ2n) is 6.15. The molecule has 0 unspecified atom stereocenters. The summed E-state index contributed by atoms with van der Waals surface area (Å²) in [6.07, 6.45) is 2.31. The molecule has 0 amide bonds. The van der Waals surface area contributed by atoms with Crippen LogP contribution in [0.2, 0.25) is 0 Å². The minimum atomic E-state index is -3.36.